The SMILES string of the molecule is Cc1nc2ccccc2nc1NCC(C)S(C)=O. The van der Waals surface area contributed by atoms with Gasteiger partial charge in [-0.3, -0.25) is 4.21 Å². The van der Waals surface area contributed by atoms with Crippen molar-refractivity contribution in [1.29, 1.82) is 0 Å². The average Bonchev–Trinajstić information content (AvgIpc) is 2.35. The van der Waals surface area contributed by atoms with E-state index in [9.17, 15) is 4.21 Å². The van der Waals surface area contributed by atoms with Crippen LogP contribution < -0.4 is 5.32 Å². The van der Waals surface area contributed by atoms with Crippen LogP contribution in [-0.4, -0.2) is 32.2 Å². The number of para-hydroxylation sites is 2. The van der Waals surface area contributed by atoms with Crippen LogP contribution in [0.1, 0.15) is 12.6 Å². The molecule has 0 bridgehead atoms. The number of rotatable bonds is 4. The molecule has 5 heteroatoms. The number of hydrogen-bond donors (Lipinski definition) is 1. The van der Waals surface area contributed by atoms with E-state index in [0.717, 1.165) is 22.5 Å². The summed E-state index contributed by atoms with van der Waals surface area (Å²) in [5, 5.41) is 3.31. The van der Waals surface area contributed by atoms with Gasteiger partial charge in [-0.25, -0.2) is 9.97 Å². The number of fused-ring (bicyclic) bond motifs is 1. The lowest BCUT2D eigenvalue weighted by Gasteiger charge is -2.12. The van der Waals surface area contributed by atoms with Crippen LogP contribution >= 0.6 is 0 Å². The molecule has 0 amide bonds. The Morgan fingerprint density at radius 2 is 1.89 bits per heavy atom. The Balaban J connectivity index is 2.23. The van der Waals surface area contributed by atoms with Crippen molar-refractivity contribution in [2.24, 2.45) is 0 Å². The van der Waals surface area contributed by atoms with E-state index >= 15 is 0 Å². The molecule has 0 aliphatic carbocycles. The Bertz CT molecular complexity index is 585. The van der Waals surface area contributed by atoms with Gasteiger partial charge in [-0.2, -0.15) is 0 Å². The van der Waals surface area contributed by atoms with E-state index < -0.39 is 10.8 Å². The first-order chi connectivity index (χ1) is 8.58. The van der Waals surface area contributed by atoms with Gasteiger partial charge in [0, 0.05) is 28.9 Å². The monoisotopic (exact) mass is 263 g/mol. The van der Waals surface area contributed by atoms with Crippen LogP contribution in [0.15, 0.2) is 24.3 Å². The van der Waals surface area contributed by atoms with Crippen LogP contribution in [0.4, 0.5) is 5.82 Å². The molecule has 2 unspecified atom stereocenters. The smallest absolute Gasteiger partial charge is 0.148 e. The van der Waals surface area contributed by atoms with Crippen molar-refractivity contribution in [2.75, 3.05) is 18.1 Å². The van der Waals surface area contributed by atoms with Crippen LogP contribution in [0.3, 0.4) is 0 Å². The molecule has 1 N–H and O–H groups in total. The highest BCUT2D eigenvalue weighted by atomic mass is 32.2. The van der Waals surface area contributed by atoms with E-state index in [1.807, 2.05) is 38.1 Å². The minimum absolute atomic E-state index is 0.0951. The summed E-state index contributed by atoms with van der Waals surface area (Å²) in [5.41, 5.74) is 2.63. The number of aromatic nitrogens is 2. The summed E-state index contributed by atoms with van der Waals surface area (Å²) in [6.45, 7) is 4.51. The van der Waals surface area contributed by atoms with E-state index in [-0.39, 0.29) is 5.25 Å². The zero-order valence-corrected chi connectivity index (χ0v) is 11.6. The predicted octanol–water partition coefficient (Wildman–Crippen LogP) is 2.12. The second-order valence-electron chi connectivity index (χ2n) is 4.34. The molecule has 2 atom stereocenters. The summed E-state index contributed by atoms with van der Waals surface area (Å²) in [6, 6.07) is 7.78. The maximum absolute atomic E-state index is 11.3. The Morgan fingerprint density at radius 3 is 2.50 bits per heavy atom. The van der Waals surface area contributed by atoms with Crippen LogP contribution in [0.2, 0.25) is 0 Å². The normalized spacial score (nSPS) is 14.4. The molecule has 0 radical (unpaired) electrons. The summed E-state index contributed by atoms with van der Waals surface area (Å²) in [7, 11) is -0.828. The van der Waals surface area contributed by atoms with Gasteiger partial charge >= 0.3 is 0 Å². The largest absolute Gasteiger partial charge is 0.367 e. The fraction of sp³-hybridized carbons (Fsp3) is 0.385. The van der Waals surface area contributed by atoms with Crippen molar-refractivity contribution in [2.45, 2.75) is 19.1 Å². The summed E-state index contributed by atoms with van der Waals surface area (Å²) in [5.74, 6) is 0.769. The van der Waals surface area contributed by atoms with Gasteiger partial charge in [-0.05, 0) is 26.0 Å². The second kappa shape index (κ2) is 5.44. The van der Waals surface area contributed by atoms with E-state index in [1.165, 1.54) is 0 Å². The molecule has 0 spiro atoms. The van der Waals surface area contributed by atoms with Gasteiger partial charge in [-0.15, -0.1) is 0 Å². The van der Waals surface area contributed by atoms with Crippen LogP contribution in [0.5, 0.6) is 0 Å². The van der Waals surface area contributed by atoms with E-state index in [2.05, 4.69) is 15.3 Å². The summed E-state index contributed by atoms with van der Waals surface area (Å²) in [4.78, 5) is 9.03. The van der Waals surface area contributed by atoms with E-state index in [0.29, 0.717) is 6.54 Å². The van der Waals surface area contributed by atoms with Gasteiger partial charge in [0.15, 0.2) is 0 Å². The third-order valence-electron chi connectivity index (χ3n) is 2.87. The predicted molar refractivity (Wildman–Crippen MR) is 76.3 cm³/mol. The molecule has 0 saturated carbocycles. The Kier molecular flexibility index (Phi) is 3.91. The lowest BCUT2D eigenvalue weighted by Crippen LogP contribution is -2.21. The molecule has 0 aliphatic heterocycles. The highest BCUT2D eigenvalue weighted by molar-refractivity contribution is 7.84. The van der Waals surface area contributed by atoms with Gasteiger partial charge < -0.3 is 5.32 Å². The van der Waals surface area contributed by atoms with Gasteiger partial charge in [0.1, 0.15) is 5.82 Å². The third-order valence-corrected chi connectivity index (χ3v) is 4.17. The number of anilines is 1. The van der Waals surface area contributed by atoms with Crippen LogP contribution in [-0.2, 0) is 10.8 Å². The standard InChI is InChI=1S/C13H17N3OS/c1-9(18(3)17)8-14-13-10(2)15-11-6-4-5-7-12(11)16-13/h4-7,9H,8H2,1-3H3,(H,14,16). The fourth-order valence-electron chi connectivity index (χ4n) is 1.61. The summed E-state index contributed by atoms with van der Waals surface area (Å²) >= 11 is 0. The first-order valence-electron chi connectivity index (χ1n) is 5.87. The Morgan fingerprint density at radius 1 is 1.28 bits per heavy atom. The Labute approximate surface area is 109 Å². The van der Waals surface area contributed by atoms with Gasteiger partial charge in [0.05, 0.1) is 16.7 Å². The van der Waals surface area contributed by atoms with Crippen molar-refractivity contribution in [3.05, 3.63) is 30.0 Å². The molecule has 4 nitrogen and oxygen atoms in total. The maximum Gasteiger partial charge on any atom is 0.148 e. The van der Waals surface area contributed by atoms with Gasteiger partial charge in [-0.1, -0.05) is 12.1 Å². The van der Waals surface area contributed by atoms with Crippen molar-refractivity contribution in [3.63, 3.8) is 0 Å². The average molecular weight is 263 g/mol. The van der Waals surface area contributed by atoms with Gasteiger partial charge in [0.2, 0.25) is 0 Å². The first-order valence-corrected chi connectivity index (χ1v) is 7.49. The molecule has 1 aromatic heterocycles. The molecule has 1 aromatic carbocycles. The molecular formula is C13H17N3OS. The number of hydrogen-bond acceptors (Lipinski definition) is 4. The first kappa shape index (κ1) is 13.0. The van der Waals surface area contributed by atoms with Crippen molar-refractivity contribution in [1.82, 2.24) is 9.97 Å². The molecule has 1 heterocycles. The number of nitrogens with zero attached hydrogens (tertiary/aromatic N) is 2. The van der Waals surface area contributed by atoms with Crippen molar-refractivity contribution >= 4 is 27.7 Å². The molecule has 0 saturated heterocycles. The topological polar surface area (TPSA) is 54.9 Å². The molecule has 96 valence electrons. The van der Waals surface area contributed by atoms with Gasteiger partial charge in [0.25, 0.3) is 0 Å². The zero-order chi connectivity index (χ0) is 13.1. The maximum atomic E-state index is 11.3. The molecule has 0 fully saturated rings. The minimum Gasteiger partial charge on any atom is -0.367 e. The van der Waals surface area contributed by atoms with Crippen molar-refractivity contribution < 1.29 is 4.21 Å². The third kappa shape index (κ3) is 2.85. The van der Waals surface area contributed by atoms with E-state index in [4.69, 9.17) is 0 Å². The molecular weight excluding hydrogens is 246 g/mol. The highest BCUT2D eigenvalue weighted by Gasteiger charge is 2.08. The summed E-state index contributed by atoms with van der Waals surface area (Å²) in [6.07, 6.45) is 1.71. The van der Waals surface area contributed by atoms with Crippen molar-refractivity contribution in [3.8, 4) is 0 Å². The molecule has 2 aromatic rings. The zero-order valence-electron chi connectivity index (χ0n) is 10.8. The number of aryl methyl sites for hydroxylation is 1. The number of nitrogens with one attached hydrogen (secondary N) is 1. The molecule has 2 rings (SSSR count). The highest BCUT2D eigenvalue weighted by Crippen LogP contribution is 2.15. The lowest BCUT2D eigenvalue weighted by atomic mass is 10.3. The Hall–Kier alpha value is -1.49. The van der Waals surface area contributed by atoms with E-state index in [1.54, 1.807) is 6.26 Å². The fourth-order valence-corrected chi connectivity index (χ4v) is 1.93. The molecule has 0 aliphatic rings. The second-order valence-corrected chi connectivity index (χ2v) is 6.14. The number of benzene rings is 1. The quantitative estimate of drug-likeness (QED) is 0.918. The summed E-state index contributed by atoms with van der Waals surface area (Å²) < 4.78 is 11.3. The van der Waals surface area contributed by atoms with Crippen LogP contribution in [0.25, 0.3) is 11.0 Å². The lowest BCUT2D eigenvalue weighted by molar-refractivity contribution is 0.678. The van der Waals surface area contributed by atoms with Crippen LogP contribution in [0, 0.1) is 6.92 Å². The molecule has 18 heavy (non-hydrogen) atoms. The minimum atomic E-state index is -0.828.